The molecule has 0 saturated carbocycles. The van der Waals surface area contributed by atoms with Crippen LogP contribution in [0.3, 0.4) is 0 Å². The maximum absolute atomic E-state index is 5.98. The lowest BCUT2D eigenvalue weighted by Crippen LogP contribution is -2.37. The number of methoxy groups -OCH3 is 1. The summed E-state index contributed by atoms with van der Waals surface area (Å²) in [6.07, 6.45) is 4.13. The Morgan fingerprint density at radius 2 is 2.18 bits per heavy atom. The largest absolute Gasteiger partial charge is 0.493 e. The molecule has 1 aliphatic rings. The summed E-state index contributed by atoms with van der Waals surface area (Å²) in [6.45, 7) is 2.28. The van der Waals surface area contributed by atoms with Crippen molar-refractivity contribution in [1.29, 1.82) is 0 Å². The summed E-state index contributed by atoms with van der Waals surface area (Å²) in [4.78, 5) is 4.39. The van der Waals surface area contributed by atoms with Crippen molar-refractivity contribution < 1.29 is 9.47 Å². The van der Waals surface area contributed by atoms with E-state index in [4.69, 9.17) is 15.2 Å². The minimum atomic E-state index is 0. The number of hydrogen-bond acceptors (Lipinski definition) is 3. The molecule has 0 amide bonds. The van der Waals surface area contributed by atoms with Crippen molar-refractivity contribution in [2.75, 3.05) is 26.9 Å². The van der Waals surface area contributed by atoms with Gasteiger partial charge in [-0.15, -0.1) is 24.0 Å². The molecule has 0 radical (unpaired) electrons. The molecule has 2 rings (SSSR count). The summed E-state index contributed by atoms with van der Waals surface area (Å²) < 4.78 is 10.7. The quantitative estimate of drug-likeness (QED) is 0.309. The molecule has 124 valence electrons. The number of nitrogens with zero attached hydrogens (tertiary/aromatic N) is 1. The predicted molar refractivity (Wildman–Crippen MR) is 100 cm³/mol. The fraction of sp³-hybridized carbons (Fsp3) is 0.562. The Kier molecular flexibility index (Phi) is 9.22. The number of unbranched alkanes of at least 4 members (excludes halogenated alkanes) is 2. The van der Waals surface area contributed by atoms with Gasteiger partial charge < -0.3 is 20.5 Å². The number of para-hydroxylation sites is 1. The van der Waals surface area contributed by atoms with Crippen molar-refractivity contribution in [3.63, 3.8) is 0 Å². The molecule has 1 aliphatic heterocycles. The van der Waals surface area contributed by atoms with Gasteiger partial charge in [0.1, 0.15) is 5.75 Å². The lowest BCUT2D eigenvalue weighted by Gasteiger charge is -2.26. The van der Waals surface area contributed by atoms with Gasteiger partial charge in [-0.3, -0.25) is 4.99 Å². The van der Waals surface area contributed by atoms with Gasteiger partial charge in [-0.05, 0) is 25.3 Å². The average molecular weight is 419 g/mol. The topological polar surface area (TPSA) is 68.9 Å². The van der Waals surface area contributed by atoms with Crippen LogP contribution >= 0.6 is 24.0 Å². The Morgan fingerprint density at radius 1 is 1.36 bits per heavy atom. The number of guanidine groups is 1. The zero-order chi connectivity index (χ0) is 14.9. The number of benzene rings is 1. The highest BCUT2D eigenvalue weighted by Crippen LogP contribution is 2.31. The summed E-state index contributed by atoms with van der Waals surface area (Å²) >= 11 is 0. The van der Waals surface area contributed by atoms with Crippen LogP contribution in [0.2, 0.25) is 0 Å². The van der Waals surface area contributed by atoms with Crippen molar-refractivity contribution >= 4 is 29.9 Å². The van der Waals surface area contributed by atoms with Crippen LogP contribution in [0.25, 0.3) is 0 Å². The molecule has 0 spiro atoms. The molecule has 0 saturated heterocycles. The smallest absolute Gasteiger partial charge is 0.189 e. The first-order valence-electron chi connectivity index (χ1n) is 7.58. The number of halogens is 1. The first-order chi connectivity index (χ1) is 10.3. The molecule has 1 heterocycles. The zero-order valence-corrected chi connectivity index (χ0v) is 15.4. The van der Waals surface area contributed by atoms with Crippen molar-refractivity contribution in [2.45, 2.75) is 31.7 Å². The van der Waals surface area contributed by atoms with E-state index in [9.17, 15) is 0 Å². The van der Waals surface area contributed by atoms with Gasteiger partial charge in [0.15, 0.2) is 5.96 Å². The Hall–Kier alpha value is -1.02. The highest BCUT2D eigenvalue weighted by Gasteiger charge is 2.20. The van der Waals surface area contributed by atoms with E-state index < -0.39 is 0 Å². The van der Waals surface area contributed by atoms with E-state index in [1.165, 1.54) is 0 Å². The van der Waals surface area contributed by atoms with E-state index in [1.807, 2.05) is 18.2 Å². The number of hydrogen-bond donors (Lipinski definition) is 2. The van der Waals surface area contributed by atoms with Crippen LogP contribution in [0, 0.1) is 0 Å². The average Bonchev–Trinajstić information content (AvgIpc) is 2.51. The Labute approximate surface area is 149 Å². The summed E-state index contributed by atoms with van der Waals surface area (Å²) in [5.74, 6) is 1.46. The zero-order valence-electron chi connectivity index (χ0n) is 13.1. The van der Waals surface area contributed by atoms with Gasteiger partial charge in [0.2, 0.25) is 0 Å². The molecule has 1 unspecified atom stereocenters. The minimum absolute atomic E-state index is 0. The monoisotopic (exact) mass is 419 g/mol. The molecular weight excluding hydrogens is 393 g/mol. The normalized spacial score (nSPS) is 17.1. The number of rotatable bonds is 7. The van der Waals surface area contributed by atoms with Gasteiger partial charge in [0, 0.05) is 32.2 Å². The number of nitrogens with one attached hydrogen (secondary N) is 1. The van der Waals surface area contributed by atoms with E-state index in [0.717, 1.165) is 50.1 Å². The van der Waals surface area contributed by atoms with Gasteiger partial charge in [0.25, 0.3) is 0 Å². The van der Waals surface area contributed by atoms with E-state index >= 15 is 0 Å². The molecule has 5 nitrogen and oxygen atoms in total. The summed E-state index contributed by atoms with van der Waals surface area (Å²) in [7, 11) is 1.73. The maximum atomic E-state index is 5.98. The molecule has 0 aromatic heterocycles. The molecule has 1 aromatic carbocycles. The number of ether oxygens (including phenoxy) is 2. The second kappa shape index (κ2) is 10.7. The van der Waals surface area contributed by atoms with Crippen molar-refractivity contribution in [2.24, 2.45) is 10.7 Å². The predicted octanol–water partition coefficient (Wildman–Crippen LogP) is 2.85. The molecular formula is C16H26IN3O2. The molecule has 22 heavy (non-hydrogen) atoms. The third-order valence-corrected chi connectivity index (χ3v) is 3.57. The molecule has 0 fully saturated rings. The molecule has 0 bridgehead atoms. The van der Waals surface area contributed by atoms with Crippen molar-refractivity contribution in [1.82, 2.24) is 5.32 Å². The highest BCUT2D eigenvalue weighted by atomic mass is 127. The van der Waals surface area contributed by atoms with Crippen molar-refractivity contribution in [3.05, 3.63) is 29.8 Å². The van der Waals surface area contributed by atoms with E-state index in [1.54, 1.807) is 7.11 Å². The third kappa shape index (κ3) is 6.00. The van der Waals surface area contributed by atoms with Gasteiger partial charge in [-0.1, -0.05) is 18.2 Å². The first kappa shape index (κ1) is 19.0. The van der Waals surface area contributed by atoms with Crippen LogP contribution < -0.4 is 15.8 Å². The molecule has 1 atom stereocenters. The standard InChI is InChI=1S/C16H25N3O2.HI/c1-20-11-6-2-5-10-18-16(17)19-14-9-12-21-15-8-4-3-7-13(14)15;/h3-4,7-8,14H,2,5-6,9-12H2,1H3,(H3,17,18,19);1H. The lowest BCUT2D eigenvalue weighted by atomic mass is 10.0. The maximum Gasteiger partial charge on any atom is 0.189 e. The Bertz CT molecular complexity index is 468. The first-order valence-corrected chi connectivity index (χ1v) is 7.58. The molecule has 0 aliphatic carbocycles. The Morgan fingerprint density at radius 3 is 3.00 bits per heavy atom. The second-order valence-electron chi connectivity index (χ2n) is 5.19. The van der Waals surface area contributed by atoms with E-state index in [2.05, 4.69) is 16.4 Å². The van der Waals surface area contributed by atoms with Crippen LogP contribution in [0.1, 0.15) is 37.3 Å². The van der Waals surface area contributed by atoms with Gasteiger partial charge in [-0.2, -0.15) is 0 Å². The molecule has 6 heteroatoms. The second-order valence-corrected chi connectivity index (χ2v) is 5.19. The van der Waals surface area contributed by atoms with E-state index in [0.29, 0.717) is 12.6 Å². The SMILES string of the molecule is COCCCCCN=C(N)NC1CCOc2ccccc21.I. The Balaban J connectivity index is 0.00000242. The van der Waals surface area contributed by atoms with Gasteiger partial charge in [-0.25, -0.2) is 0 Å². The van der Waals surface area contributed by atoms with Crippen LogP contribution in [0.4, 0.5) is 0 Å². The fourth-order valence-corrected chi connectivity index (χ4v) is 2.45. The van der Waals surface area contributed by atoms with Crippen LogP contribution in [0.15, 0.2) is 29.3 Å². The van der Waals surface area contributed by atoms with Crippen molar-refractivity contribution in [3.8, 4) is 5.75 Å². The molecule has 3 N–H and O–H groups in total. The third-order valence-electron chi connectivity index (χ3n) is 3.57. The van der Waals surface area contributed by atoms with Crippen LogP contribution in [0.5, 0.6) is 5.75 Å². The summed E-state index contributed by atoms with van der Waals surface area (Å²) in [6, 6.07) is 8.26. The lowest BCUT2D eigenvalue weighted by molar-refractivity contribution is 0.192. The number of fused-ring (bicyclic) bond motifs is 1. The fourth-order valence-electron chi connectivity index (χ4n) is 2.45. The minimum Gasteiger partial charge on any atom is -0.493 e. The summed E-state index contributed by atoms with van der Waals surface area (Å²) in [5, 5.41) is 3.30. The highest BCUT2D eigenvalue weighted by molar-refractivity contribution is 14.0. The number of nitrogens with two attached hydrogens (primary N) is 1. The van der Waals surface area contributed by atoms with Crippen LogP contribution in [-0.2, 0) is 4.74 Å². The van der Waals surface area contributed by atoms with Crippen LogP contribution in [-0.4, -0.2) is 32.8 Å². The van der Waals surface area contributed by atoms with E-state index in [-0.39, 0.29) is 30.0 Å². The summed E-state index contributed by atoms with van der Waals surface area (Å²) in [5.41, 5.74) is 7.13. The van der Waals surface area contributed by atoms with Gasteiger partial charge in [0.05, 0.1) is 12.6 Å². The van der Waals surface area contributed by atoms with Gasteiger partial charge >= 0.3 is 0 Å². The molecule has 1 aromatic rings. The number of aliphatic imine (C=N–C) groups is 1.